The molecule has 1 aromatic heterocycles. The summed E-state index contributed by atoms with van der Waals surface area (Å²) in [5, 5.41) is 0. The van der Waals surface area contributed by atoms with Gasteiger partial charge >= 0.3 is 6.18 Å². The van der Waals surface area contributed by atoms with Crippen LogP contribution in [0.15, 0.2) is 18.6 Å². The Hall–Kier alpha value is -1.86. The number of nitrogens with zero attached hydrogens (tertiary/aromatic N) is 4. The Morgan fingerprint density at radius 3 is 2.78 bits per heavy atom. The summed E-state index contributed by atoms with van der Waals surface area (Å²) in [7, 11) is 0. The van der Waals surface area contributed by atoms with Gasteiger partial charge in [0.1, 0.15) is 12.1 Å². The molecule has 8 heteroatoms. The number of rotatable bonds is 3. The van der Waals surface area contributed by atoms with Crippen molar-refractivity contribution in [1.29, 1.82) is 0 Å². The van der Waals surface area contributed by atoms with E-state index in [0.29, 0.717) is 19.0 Å². The third-order valence-corrected chi connectivity index (χ3v) is 4.70. The standard InChI is InChI=1S/C15H19F3N4O/c16-15(17,18)5-1-14(23)22-8-4-11-3-7-21(9-12(11)22)13-2-6-19-10-20-13/h2,6,10-12H,1,3-5,7-9H2. The Balaban J connectivity index is 1.64. The molecule has 0 aliphatic carbocycles. The Bertz CT molecular complexity index is 551. The number of piperidine rings is 1. The molecule has 3 heterocycles. The van der Waals surface area contributed by atoms with Crippen molar-refractivity contribution in [3.05, 3.63) is 18.6 Å². The van der Waals surface area contributed by atoms with Gasteiger partial charge in [-0.05, 0) is 24.8 Å². The Kier molecular flexibility index (Phi) is 4.41. The van der Waals surface area contributed by atoms with E-state index in [9.17, 15) is 18.0 Å². The van der Waals surface area contributed by atoms with Gasteiger partial charge in [0.2, 0.25) is 5.91 Å². The predicted molar refractivity (Wildman–Crippen MR) is 77.8 cm³/mol. The van der Waals surface area contributed by atoms with E-state index >= 15 is 0 Å². The van der Waals surface area contributed by atoms with Crippen LogP contribution in [-0.4, -0.2) is 52.6 Å². The summed E-state index contributed by atoms with van der Waals surface area (Å²) in [5.74, 6) is 0.787. The molecule has 0 bridgehead atoms. The highest BCUT2D eigenvalue weighted by molar-refractivity contribution is 5.77. The average Bonchev–Trinajstić information content (AvgIpc) is 2.96. The molecule has 5 nitrogen and oxygen atoms in total. The summed E-state index contributed by atoms with van der Waals surface area (Å²) < 4.78 is 37.0. The van der Waals surface area contributed by atoms with Gasteiger partial charge in [-0.2, -0.15) is 13.2 Å². The number of fused-ring (bicyclic) bond motifs is 1. The molecular formula is C15H19F3N4O. The topological polar surface area (TPSA) is 49.3 Å². The van der Waals surface area contributed by atoms with Gasteiger partial charge in [-0.25, -0.2) is 9.97 Å². The molecule has 1 aromatic rings. The first-order valence-electron chi connectivity index (χ1n) is 7.81. The van der Waals surface area contributed by atoms with E-state index in [2.05, 4.69) is 14.9 Å². The molecule has 126 valence electrons. The number of carbonyl (C=O) groups is 1. The van der Waals surface area contributed by atoms with Crippen LogP contribution < -0.4 is 4.90 Å². The fourth-order valence-electron chi connectivity index (χ4n) is 3.52. The number of amides is 1. The van der Waals surface area contributed by atoms with E-state index in [4.69, 9.17) is 0 Å². The maximum absolute atomic E-state index is 12.3. The van der Waals surface area contributed by atoms with E-state index in [1.54, 1.807) is 11.1 Å². The molecule has 0 aromatic carbocycles. The fourth-order valence-corrected chi connectivity index (χ4v) is 3.52. The number of likely N-dealkylation sites (tertiary alicyclic amines) is 1. The number of alkyl halides is 3. The van der Waals surface area contributed by atoms with Crippen LogP contribution in [0.4, 0.5) is 19.0 Å². The molecule has 2 unspecified atom stereocenters. The Morgan fingerprint density at radius 2 is 2.09 bits per heavy atom. The van der Waals surface area contributed by atoms with Gasteiger partial charge in [-0.1, -0.05) is 0 Å². The molecule has 23 heavy (non-hydrogen) atoms. The van der Waals surface area contributed by atoms with Crippen LogP contribution in [-0.2, 0) is 4.79 Å². The summed E-state index contributed by atoms with van der Waals surface area (Å²) in [6, 6.07) is 1.80. The average molecular weight is 328 g/mol. The van der Waals surface area contributed by atoms with Crippen LogP contribution in [0.5, 0.6) is 0 Å². The maximum Gasteiger partial charge on any atom is 0.389 e. The van der Waals surface area contributed by atoms with E-state index < -0.39 is 19.0 Å². The van der Waals surface area contributed by atoms with Crippen LogP contribution in [0.25, 0.3) is 0 Å². The summed E-state index contributed by atoms with van der Waals surface area (Å²) in [4.78, 5) is 24.0. The quantitative estimate of drug-likeness (QED) is 0.854. The van der Waals surface area contributed by atoms with Crippen molar-refractivity contribution in [3.8, 4) is 0 Å². The second kappa shape index (κ2) is 6.33. The molecule has 2 atom stereocenters. The molecule has 0 radical (unpaired) electrons. The molecule has 0 N–H and O–H groups in total. The maximum atomic E-state index is 12.3. The van der Waals surface area contributed by atoms with Crippen LogP contribution in [0, 0.1) is 5.92 Å². The monoisotopic (exact) mass is 328 g/mol. The largest absolute Gasteiger partial charge is 0.389 e. The summed E-state index contributed by atoms with van der Waals surface area (Å²) in [5.41, 5.74) is 0. The molecule has 2 aliphatic heterocycles. The minimum atomic E-state index is -4.28. The van der Waals surface area contributed by atoms with Gasteiger partial charge in [0, 0.05) is 32.3 Å². The van der Waals surface area contributed by atoms with E-state index in [-0.39, 0.29) is 11.9 Å². The lowest BCUT2D eigenvalue weighted by Crippen LogP contribution is -2.50. The molecule has 3 rings (SSSR count). The van der Waals surface area contributed by atoms with Crippen molar-refractivity contribution in [2.45, 2.75) is 37.9 Å². The van der Waals surface area contributed by atoms with Crippen LogP contribution >= 0.6 is 0 Å². The first-order chi connectivity index (χ1) is 10.9. The first kappa shape index (κ1) is 16.0. The van der Waals surface area contributed by atoms with Gasteiger partial charge in [0.25, 0.3) is 0 Å². The highest BCUT2D eigenvalue weighted by atomic mass is 19.4. The third kappa shape index (κ3) is 3.73. The number of hydrogen-bond donors (Lipinski definition) is 0. The second-order valence-electron chi connectivity index (χ2n) is 6.12. The molecule has 2 saturated heterocycles. The Labute approximate surface area is 132 Å². The highest BCUT2D eigenvalue weighted by Gasteiger charge is 2.41. The smallest absolute Gasteiger partial charge is 0.354 e. The molecule has 2 fully saturated rings. The van der Waals surface area contributed by atoms with Gasteiger partial charge in [-0.15, -0.1) is 0 Å². The van der Waals surface area contributed by atoms with Crippen molar-refractivity contribution in [2.24, 2.45) is 5.92 Å². The minimum absolute atomic E-state index is 0.0144. The SMILES string of the molecule is O=C(CCC(F)(F)F)N1CCC2CCN(c3ccncn3)CC21. The van der Waals surface area contributed by atoms with E-state index in [1.165, 1.54) is 6.33 Å². The lowest BCUT2D eigenvalue weighted by atomic mass is 9.92. The molecular weight excluding hydrogens is 309 g/mol. The summed E-state index contributed by atoms with van der Waals surface area (Å²) in [6.45, 7) is 2.03. The van der Waals surface area contributed by atoms with Gasteiger partial charge in [0.05, 0.1) is 12.5 Å². The second-order valence-corrected chi connectivity index (χ2v) is 6.12. The number of anilines is 1. The van der Waals surface area contributed by atoms with E-state index in [1.807, 2.05) is 6.07 Å². The van der Waals surface area contributed by atoms with Crippen LogP contribution in [0.3, 0.4) is 0 Å². The minimum Gasteiger partial charge on any atom is -0.354 e. The Morgan fingerprint density at radius 1 is 1.30 bits per heavy atom. The molecule has 1 amide bonds. The third-order valence-electron chi connectivity index (χ3n) is 4.70. The molecule has 2 aliphatic rings. The number of hydrogen-bond acceptors (Lipinski definition) is 4. The highest BCUT2D eigenvalue weighted by Crippen LogP contribution is 2.34. The lowest BCUT2D eigenvalue weighted by molar-refractivity contribution is -0.149. The zero-order valence-corrected chi connectivity index (χ0v) is 12.7. The normalized spacial score (nSPS) is 24.7. The first-order valence-corrected chi connectivity index (χ1v) is 7.81. The molecule has 0 saturated carbocycles. The zero-order valence-electron chi connectivity index (χ0n) is 12.7. The van der Waals surface area contributed by atoms with E-state index in [0.717, 1.165) is 25.2 Å². The van der Waals surface area contributed by atoms with Crippen molar-refractivity contribution in [2.75, 3.05) is 24.5 Å². The lowest BCUT2D eigenvalue weighted by Gasteiger charge is -2.39. The van der Waals surface area contributed by atoms with Gasteiger partial charge < -0.3 is 9.80 Å². The fraction of sp³-hybridized carbons (Fsp3) is 0.667. The van der Waals surface area contributed by atoms with Crippen molar-refractivity contribution >= 4 is 11.7 Å². The van der Waals surface area contributed by atoms with Crippen molar-refractivity contribution in [1.82, 2.24) is 14.9 Å². The molecule has 0 spiro atoms. The van der Waals surface area contributed by atoms with Crippen molar-refractivity contribution in [3.63, 3.8) is 0 Å². The van der Waals surface area contributed by atoms with Crippen LogP contribution in [0.1, 0.15) is 25.7 Å². The van der Waals surface area contributed by atoms with Crippen molar-refractivity contribution < 1.29 is 18.0 Å². The van der Waals surface area contributed by atoms with Crippen LogP contribution in [0.2, 0.25) is 0 Å². The number of carbonyl (C=O) groups excluding carboxylic acids is 1. The number of aromatic nitrogens is 2. The zero-order chi connectivity index (χ0) is 16.4. The summed E-state index contributed by atoms with van der Waals surface area (Å²) in [6.07, 6.45) is -0.848. The summed E-state index contributed by atoms with van der Waals surface area (Å²) >= 11 is 0. The number of halogens is 3. The van der Waals surface area contributed by atoms with Gasteiger partial charge in [0.15, 0.2) is 0 Å². The van der Waals surface area contributed by atoms with Gasteiger partial charge in [-0.3, -0.25) is 4.79 Å². The predicted octanol–water partition coefficient (Wildman–Crippen LogP) is 2.25.